The summed E-state index contributed by atoms with van der Waals surface area (Å²) in [5.41, 5.74) is 0.674. The standard InChI is InChI=1S/C11H11N3O2/c1-9(15)10-2-4-11(5-3-10)16-8-14-7-12-6-13-14/h2-7H,8H2,1H3. The van der Waals surface area contributed by atoms with Crippen molar-refractivity contribution >= 4 is 5.78 Å². The fraction of sp³-hybridized carbons (Fsp3) is 0.182. The number of nitrogens with zero attached hydrogens (tertiary/aromatic N) is 3. The van der Waals surface area contributed by atoms with Crippen LogP contribution in [0.25, 0.3) is 0 Å². The fourth-order valence-corrected chi connectivity index (χ4v) is 1.23. The third-order valence-corrected chi connectivity index (χ3v) is 2.09. The smallest absolute Gasteiger partial charge is 0.182 e. The van der Waals surface area contributed by atoms with E-state index in [-0.39, 0.29) is 5.78 Å². The van der Waals surface area contributed by atoms with Crippen LogP contribution in [0, 0.1) is 0 Å². The number of ether oxygens (including phenoxy) is 1. The van der Waals surface area contributed by atoms with E-state index >= 15 is 0 Å². The van der Waals surface area contributed by atoms with Gasteiger partial charge in [0.15, 0.2) is 12.5 Å². The van der Waals surface area contributed by atoms with Gasteiger partial charge in [0.2, 0.25) is 0 Å². The van der Waals surface area contributed by atoms with Crippen LogP contribution in [0.2, 0.25) is 0 Å². The molecular formula is C11H11N3O2. The first kappa shape index (κ1) is 10.4. The van der Waals surface area contributed by atoms with Gasteiger partial charge in [-0.25, -0.2) is 9.67 Å². The second-order valence-corrected chi connectivity index (χ2v) is 3.29. The normalized spacial score (nSPS) is 10.1. The van der Waals surface area contributed by atoms with E-state index in [0.717, 1.165) is 0 Å². The summed E-state index contributed by atoms with van der Waals surface area (Å²) in [6.07, 6.45) is 3.02. The van der Waals surface area contributed by atoms with E-state index in [0.29, 0.717) is 18.0 Å². The lowest BCUT2D eigenvalue weighted by Gasteiger charge is -2.05. The third kappa shape index (κ3) is 2.44. The minimum absolute atomic E-state index is 0.0443. The van der Waals surface area contributed by atoms with Gasteiger partial charge in [0.1, 0.15) is 18.4 Å². The van der Waals surface area contributed by atoms with Crippen LogP contribution in [-0.2, 0) is 6.73 Å². The molecule has 0 spiro atoms. The molecule has 0 saturated heterocycles. The van der Waals surface area contributed by atoms with Gasteiger partial charge in [0, 0.05) is 5.56 Å². The van der Waals surface area contributed by atoms with Crippen LogP contribution < -0.4 is 4.74 Å². The summed E-state index contributed by atoms with van der Waals surface area (Å²) in [6.45, 7) is 1.84. The van der Waals surface area contributed by atoms with Crippen molar-refractivity contribution in [3.05, 3.63) is 42.5 Å². The van der Waals surface area contributed by atoms with Crippen LogP contribution in [-0.4, -0.2) is 20.5 Å². The Kier molecular flexibility index (Phi) is 2.95. The van der Waals surface area contributed by atoms with Crippen molar-refractivity contribution in [3.63, 3.8) is 0 Å². The minimum atomic E-state index is 0.0443. The molecular weight excluding hydrogens is 206 g/mol. The molecule has 1 heterocycles. The summed E-state index contributed by atoms with van der Waals surface area (Å²) < 4.78 is 7.00. The van der Waals surface area contributed by atoms with Crippen LogP contribution in [0.3, 0.4) is 0 Å². The van der Waals surface area contributed by atoms with Gasteiger partial charge in [-0.2, -0.15) is 5.10 Å². The van der Waals surface area contributed by atoms with Crippen LogP contribution in [0.5, 0.6) is 5.75 Å². The topological polar surface area (TPSA) is 57.0 Å². The molecule has 1 aromatic carbocycles. The number of carbonyl (C=O) groups is 1. The average molecular weight is 217 g/mol. The lowest BCUT2D eigenvalue weighted by atomic mass is 10.1. The number of aromatic nitrogens is 3. The molecule has 0 bridgehead atoms. The summed E-state index contributed by atoms with van der Waals surface area (Å²) in [5.74, 6) is 0.739. The Balaban J connectivity index is 1.98. The Morgan fingerprint density at radius 2 is 2.12 bits per heavy atom. The lowest BCUT2D eigenvalue weighted by molar-refractivity contribution is 0.101. The van der Waals surface area contributed by atoms with E-state index in [1.54, 1.807) is 35.3 Å². The van der Waals surface area contributed by atoms with Crippen molar-refractivity contribution in [2.75, 3.05) is 0 Å². The van der Waals surface area contributed by atoms with Crippen LogP contribution in [0.1, 0.15) is 17.3 Å². The first-order valence-corrected chi connectivity index (χ1v) is 4.82. The molecule has 0 atom stereocenters. The molecule has 2 rings (SSSR count). The number of benzene rings is 1. The molecule has 82 valence electrons. The average Bonchev–Trinajstić information content (AvgIpc) is 2.80. The van der Waals surface area contributed by atoms with E-state index in [2.05, 4.69) is 10.1 Å². The number of hydrogen-bond acceptors (Lipinski definition) is 4. The number of hydrogen-bond donors (Lipinski definition) is 0. The predicted molar refractivity (Wildman–Crippen MR) is 57.1 cm³/mol. The molecule has 0 aliphatic rings. The Morgan fingerprint density at radius 1 is 1.38 bits per heavy atom. The van der Waals surface area contributed by atoms with Crippen molar-refractivity contribution < 1.29 is 9.53 Å². The van der Waals surface area contributed by atoms with Crippen molar-refractivity contribution in [1.29, 1.82) is 0 Å². The fourth-order valence-electron chi connectivity index (χ4n) is 1.23. The van der Waals surface area contributed by atoms with E-state index < -0.39 is 0 Å². The van der Waals surface area contributed by atoms with Crippen LogP contribution >= 0.6 is 0 Å². The third-order valence-electron chi connectivity index (χ3n) is 2.09. The molecule has 0 fully saturated rings. The SMILES string of the molecule is CC(=O)c1ccc(OCn2cncn2)cc1. The number of rotatable bonds is 4. The van der Waals surface area contributed by atoms with Crippen molar-refractivity contribution in [1.82, 2.24) is 14.8 Å². The maximum absolute atomic E-state index is 11.0. The molecule has 0 radical (unpaired) electrons. The molecule has 5 nitrogen and oxygen atoms in total. The van der Waals surface area contributed by atoms with Crippen LogP contribution in [0.4, 0.5) is 0 Å². The highest BCUT2D eigenvalue weighted by Gasteiger charge is 1.99. The highest BCUT2D eigenvalue weighted by Crippen LogP contribution is 2.12. The zero-order valence-corrected chi connectivity index (χ0v) is 8.83. The van der Waals surface area contributed by atoms with Gasteiger partial charge in [-0.1, -0.05) is 0 Å². The van der Waals surface area contributed by atoms with E-state index in [9.17, 15) is 4.79 Å². The van der Waals surface area contributed by atoms with Gasteiger partial charge in [0.05, 0.1) is 0 Å². The quantitative estimate of drug-likeness (QED) is 0.728. The number of carbonyl (C=O) groups excluding carboxylic acids is 1. The molecule has 0 saturated carbocycles. The molecule has 0 unspecified atom stereocenters. The molecule has 1 aromatic heterocycles. The molecule has 0 aliphatic carbocycles. The summed E-state index contributed by atoms with van der Waals surface area (Å²) in [4.78, 5) is 14.8. The van der Waals surface area contributed by atoms with Gasteiger partial charge in [-0.05, 0) is 31.2 Å². The van der Waals surface area contributed by atoms with E-state index in [1.165, 1.54) is 13.3 Å². The van der Waals surface area contributed by atoms with Gasteiger partial charge in [0.25, 0.3) is 0 Å². The predicted octanol–water partition coefficient (Wildman–Crippen LogP) is 1.52. The zero-order valence-electron chi connectivity index (χ0n) is 8.83. The monoisotopic (exact) mass is 217 g/mol. The molecule has 2 aromatic rings. The second kappa shape index (κ2) is 4.57. The first-order valence-electron chi connectivity index (χ1n) is 4.82. The molecule has 0 aliphatic heterocycles. The summed E-state index contributed by atoms with van der Waals surface area (Å²) in [6, 6.07) is 6.99. The number of ketones is 1. The second-order valence-electron chi connectivity index (χ2n) is 3.29. The van der Waals surface area contributed by atoms with E-state index in [1.807, 2.05) is 0 Å². The van der Waals surface area contributed by atoms with Gasteiger partial charge in [-0.15, -0.1) is 0 Å². The summed E-state index contributed by atoms with van der Waals surface area (Å²) in [5, 5.41) is 3.90. The minimum Gasteiger partial charge on any atom is -0.471 e. The molecule has 0 N–H and O–H groups in total. The lowest BCUT2D eigenvalue weighted by Crippen LogP contribution is -2.05. The highest BCUT2D eigenvalue weighted by atomic mass is 16.5. The Labute approximate surface area is 92.7 Å². The summed E-state index contributed by atoms with van der Waals surface area (Å²) >= 11 is 0. The highest BCUT2D eigenvalue weighted by molar-refractivity contribution is 5.94. The Bertz CT molecular complexity index is 462. The Hall–Kier alpha value is -2.17. The molecule has 16 heavy (non-hydrogen) atoms. The maximum Gasteiger partial charge on any atom is 0.182 e. The number of Topliss-reactive ketones (excluding diaryl/α,β-unsaturated/α-hetero) is 1. The largest absolute Gasteiger partial charge is 0.471 e. The summed E-state index contributed by atoms with van der Waals surface area (Å²) in [7, 11) is 0. The van der Waals surface area contributed by atoms with Gasteiger partial charge in [-0.3, -0.25) is 4.79 Å². The zero-order chi connectivity index (χ0) is 11.4. The maximum atomic E-state index is 11.0. The van der Waals surface area contributed by atoms with E-state index in [4.69, 9.17) is 4.74 Å². The Morgan fingerprint density at radius 3 is 2.69 bits per heavy atom. The van der Waals surface area contributed by atoms with Crippen molar-refractivity contribution in [2.24, 2.45) is 0 Å². The van der Waals surface area contributed by atoms with Gasteiger partial charge >= 0.3 is 0 Å². The van der Waals surface area contributed by atoms with Crippen molar-refractivity contribution in [3.8, 4) is 5.75 Å². The molecule has 5 heteroatoms. The van der Waals surface area contributed by atoms with Gasteiger partial charge < -0.3 is 4.74 Å². The first-order chi connectivity index (χ1) is 7.75. The van der Waals surface area contributed by atoms with Crippen LogP contribution in [0.15, 0.2) is 36.9 Å². The van der Waals surface area contributed by atoms with Crippen molar-refractivity contribution in [2.45, 2.75) is 13.7 Å². The molecule has 0 amide bonds.